The molecule has 0 bridgehead atoms. The zero-order valence-corrected chi connectivity index (χ0v) is 9.87. The van der Waals surface area contributed by atoms with Crippen molar-refractivity contribution >= 4 is 46.6 Å². The Morgan fingerprint density at radius 3 is 1.20 bits per heavy atom. The van der Waals surface area contributed by atoms with Crippen molar-refractivity contribution in [2.45, 2.75) is 0 Å². The van der Waals surface area contributed by atoms with Crippen molar-refractivity contribution in [2.24, 2.45) is 0 Å². The first-order valence-electron chi connectivity index (χ1n) is 1.07. The molecule has 0 aliphatic carbocycles. The van der Waals surface area contributed by atoms with Crippen LogP contribution in [0.1, 0.15) is 0 Å². The molecule has 0 aromatic rings. The summed E-state index contributed by atoms with van der Waals surface area (Å²) in [6.45, 7) is 0. The molecule has 5 heavy (non-hydrogen) atoms. The number of rotatable bonds is 0. The van der Waals surface area contributed by atoms with E-state index in [1.54, 1.807) is 0 Å². The predicted molar refractivity (Wildman–Crippen MR) is 29.6 cm³/mol. The Morgan fingerprint density at radius 1 is 1.20 bits per heavy atom. The van der Waals surface area contributed by atoms with E-state index in [4.69, 9.17) is 19.4 Å². The van der Waals surface area contributed by atoms with Gasteiger partial charge in [0.2, 0.25) is 0 Å². The van der Waals surface area contributed by atoms with Gasteiger partial charge in [-0.05, 0) is 0 Å². The minimum absolute atomic E-state index is 2.68. The zero-order valence-electron chi connectivity index (χ0n) is 2.22. The summed E-state index contributed by atoms with van der Waals surface area (Å²) in [5.41, 5.74) is 0. The third-order valence-corrected chi connectivity index (χ3v) is 0. The average molecular weight is 296 g/mol. The van der Waals surface area contributed by atoms with Gasteiger partial charge in [0.05, 0.1) is 0 Å². The first kappa shape index (κ1) is 7.16. The van der Waals surface area contributed by atoms with E-state index in [0.29, 0.717) is 0 Å². The van der Waals surface area contributed by atoms with Gasteiger partial charge in [0.25, 0.3) is 0 Å². The molecule has 0 spiro atoms. The summed E-state index contributed by atoms with van der Waals surface area (Å²) in [5, 5.41) is 0. The third kappa shape index (κ3) is 22.8. The van der Waals surface area contributed by atoms with E-state index in [1.807, 2.05) is 0 Å². The molecule has 0 aromatic carbocycles. The van der Waals surface area contributed by atoms with Crippen molar-refractivity contribution in [3.63, 3.8) is 0 Å². The van der Waals surface area contributed by atoms with Gasteiger partial charge in [-0.2, -0.15) is 0 Å². The molecule has 0 saturated heterocycles. The SMILES string of the molecule is [Cl][Zn]([Cl])([Br])[Br]. The van der Waals surface area contributed by atoms with Crippen LogP contribution in [0.2, 0.25) is 0 Å². The Balaban J connectivity index is 3.02. The fraction of sp³-hybridized carbons (Fsp3) is 0. The summed E-state index contributed by atoms with van der Waals surface area (Å²) in [6, 6.07) is 0. The van der Waals surface area contributed by atoms with Crippen LogP contribution in [-0.2, 0) is 8.87 Å². The van der Waals surface area contributed by atoms with Gasteiger partial charge in [-0.15, -0.1) is 0 Å². The Kier molecular flexibility index (Phi) is 3.53. The maximum absolute atomic E-state index is 5.35. The Bertz CT molecular complexity index is 23.1. The summed E-state index contributed by atoms with van der Waals surface area (Å²) in [7, 11) is 8.01. The van der Waals surface area contributed by atoms with E-state index >= 15 is 0 Å². The Hall–Kier alpha value is 2.16. The number of halogens is 4. The average Bonchev–Trinajstić information content (AvgIpc) is 0.722. The standard InChI is InChI=1S/2BrH.2ClH.Zn/h4*1H;/q;;;;+4/p-4. The summed E-state index contributed by atoms with van der Waals surface area (Å²) in [4.78, 5) is 0. The fourth-order valence-corrected chi connectivity index (χ4v) is 0. The van der Waals surface area contributed by atoms with E-state index in [-0.39, 0.29) is 0 Å². The summed E-state index contributed by atoms with van der Waals surface area (Å²) >= 11 is 6.08. The summed E-state index contributed by atoms with van der Waals surface area (Å²) < 4.78 is 0. The van der Waals surface area contributed by atoms with E-state index in [0.717, 1.165) is 0 Å². The molecule has 0 aromatic heterocycles. The van der Waals surface area contributed by atoms with Crippen LogP contribution in [0.3, 0.4) is 0 Å². The molecule has 0 atom stereocenters. The van der Waals surface area contributed by atoms with Crippen LogP contribution in [0.15, 0.2) is 0 Å². The zero-order chi connectivity index (χ0) is 4.50. The molecule has 0 fully saturated rings. The Labute approximate surface area is 54.8 Å². The van der Waals surface area contributed by atoms with Crippen molar-refractivity contribution in [3.05, 3.63) is 0 Å². The van der Waals surface area contributed by atoms with Gasteiger partial charge in [0.15, 0.2) is 0 Å². The maximum atomic E-state index is 5.35. The minimum atomic E-state index is -2.68. The van der Waals surface area contributed by atoms with E-state index in [2.05, 4.69) is 27.2 Å². The molecule has 0 rings (SSSR count). The first-order chi connectivity index (χ1) is 2.00. The molecule has 0 nitrogen and oxygen atoms in total. The van der Waals surface area contributed by atoms with Crippen LogP contribution >= 0.6 is 46.6 Å². The summed E-state index contributed by atoms with van der Waals surface area (Å²) in [5.74, 6) is 0. The van der Waals surface area contributed by atoms with Gasteiger partial charge in [-0.1, -0.05) is 0 Å². The monoisotopic (exact) mass is 292 g/mol. The van der Waals surface area contributed by atoms with Gasteiger partial charge in [0, 0.05) is 0 Å². The van der Waals surface area contributed by atoms with Crippen molar-refractivity contribution in [1.82, 2.24) is 0 Å². The third-order valence-electron chi connectivity index (χ3n) is 0. The fourth-order valence-electron chi connectivity index (χ4n) is 0. The second-order valence-electron chi connectivity index (χ2n) is 0.606. The quantitative estimate of drug-likeness (QED) is 0.603. The van der Waals surface area contributed by atoms with Crippen LogP contribution in [0, 0.1) is 0 Å². The van der Waals surface area contributed by atoms with Crippen molar-refractivity contribution in [1.29, 1.82) is 0 Å². The number of hydrogen-bond acceptors (Lipinski definition) is 0. The molecule has 0 amide bonds. The Morgan fingerprint density at radius 2 is 1.20 bits per heavy atom. The molecule has 0 saturated carbocycles. The van der Waals surface area contributed by atoms with Crippen LogP contribution in [0.5, 0.6) is 0 Å². The molecule has 0 N–H and O–H groups in total. The second kappa shape index (κ2) is 2.47. The molecule has 0 aliphatic heterocycles. The van der Waals surface area contributed by atoms with Crippen LogP contribution in [0.25, 0.3) is 0 Å². The molecule has 30 valence electrons. The molecular formula is Br2Cl2Zn. The van der Waals surface area contributed by atoms with Gasteiger partial charge in [-0.3, -0.25) is 0 Å². The van der Waals surface area contributed by atoms with E-state index in [9.17, 15) is 0 Å². The van der Waals surface area contributed by atoms with Gasteiger partial charge >= 0.3 is 55.5 Å². The van der Waals surface area contributed by atoms with Gasteiger partial charge < -0.3 is 0 Å². The van der Waals surface area contributed by atoms with Gasteiger partial charge in [0.1, 0.15) is 0 Å². The topological polar surface area (TPSA) is 0 Å². The van der Waals surface area contributed by atoms with E-state index < -0.39 is 8.87 Å². The van der Waals surface area contributed by atoms with E-state index in [1.165, 1.54) is 0 Å². The molecular weight excluding hydrogens is 296 g/mol. The van der Waals surface area contributed by atoms with Crippen LogP contribution < -0.4 is 0 Å². The second-order valence-corrected chi connectivity index (χ2v) is 51.6. The van der Waals surface area contributed by atoms with Crippen molar-refractivity contribution < 1.29 is 8.87 Å². The van der Waals surface area contributed by atoms with Crippen molar-refractivity contribution in [3.8, 4) is 0 Å². The molecule has 0 radical (unpaired) electrons. The van der Waals surface area contributed by atoms with Gasteiger partial charge in [-0.25, -0.2) is 0 Å². The molecule has 0 aliphatic rings. The molecule has 0 heterocycles. The normalized spacial score (nSPS) is 8.80. The summed E-state index contributed by atoms with van der Waals surface area (Å²) in [6.07, 6.45) is 0. The van der Waals surface area contributed by atoms with Crippen LogP contribution in [0.4, 0.5) is 0 Å². The molecule has 5 heteroatoms. The molecule has 0 unspecified atom stereocenters. The van der Waals surface area contributed by atoms with Crippen LogP contribution in [-0.4, -0.2) is 0 Å². The predicted octanol–water partition coefficient (Wildman–Crippen LogP) is 3.07. The van der Waals surface area contributed by atoms with Crippen molar-refractivity contribution in [2.75, 3.05) is 0 Å². The first-order valence-corrected chi connectivity index (χ1v) is 22.8. The number of hydrogen-bond donors (Lipinski definition) is 0.